The summed E-state index contributed by atoms with van der Waals surface area (Å²) in [5.41, 5.74) is 2.86. The highest BCUT2D eigenvalue weighted by Crippen LogP contribution is 2.20. The quantitative estimate of drug-likeness (QED) is 0.873. The Morgan fingerprint density at radius 2 is 1.96 bits per heavy atom. The van der Waals surface area contributed by atoms with Crippen molar-refractivity contribution in [1.82, 2.24) is 9.88 Å². The molecule has 0 atom stereocenters. The summed E-state index contributed by atoms with van der Waals surface area (Å²) < 4.78 is 5.96. The molecule has 0 N–H and O–H groups in total. The predicted octanol–water partition coefficient (Wildman–Crippen LogP) is 3.38. The van der Waals surface area contributed by atoms with Gasteiger partial charge < -0.3 is 9.64 Å². The lowest BCUT2D eigenvalue weighted by Crippen LogP contribution is -2.41. The molecule has 1 fully saturated rings. The lowest BCUT2D eigenvalue weighted by molar-refractivity contribution is 0.0595. The molecule has 3 rings (SSSR count). The predicted molar refractivity (Wildman–Crippen MR) is 89.7 cm³/mol. The van der Waals surface area contributed by atoms with Gasteiger partial charge in [0.25, 0.3) is 5.91 Å². The van der Waals surface area contributed by atoms with Gasteiger partial charge in [-0.15, -0.1) is 0 Å². The van der Waals surface area contributed by atoms with E-state index in [0.29, 0.717) is 0 Å². The van der Waals surface area contributed by atoms with Crippen LogP contribution in [-0.4, -0.2) is 35.0 Å². The number of aromatic nitrogens is 1. The molecular formula is C19H22N2O2. The van der Waals surface area contributed by atoms with Crippen LogP contribution in [0.25, 0.3) is 0 Å². The molecule has 0 bridgehead atoms. The summed E-state index contributed by atoms with van der Waals surface area (Å²) in [6.07, 6.45) is 3.62. The summed E-state index contributed by atoms with van der Waals surface area (Å²) in [6, 6.07) is 11.7. The van der Waals surface area contributed by atoms with Crippen LogP contribution >= 0.6 is 0 Å². The second-order valence-electron chi connectivity index (χ2n) is 6.11. The number of nitrogens with zero attached hydrogens (tertiary/aromatic N) is 2. The molecule has 4 nitrogen and oxygen atoms in total. The van der Waals surface area contributed by atoms with Gasteiger partial charge >= 0.3 is 0 Å². The molecule has 0 saturated carbocycles. The van der Waals surface area contributed by atoms with Gasteiger partial charge in [0.2, 0.25) is 0 Å². The van der Waals surface area contributed by atoms with Gasteiger partial charge in [0.1, 0.15) is 11.9 Å². The molecule has 2 aromatic rings. The highest BCUT2D eigenvalue weighted by Gasteiger charge is 2.24. The van der Waals surface area contributed by atoms with E-state index in [1.54, 1.807) is 6.20 Å². The third-order valence-electron chi connectivity index (χ3n) is 4.18. The van der Waals surface area contributed by atoms with Gasteiger partial charge in [-0.1, -0.05) is 17.7 Å². The monoisotopic (exact) mass is 310 g/mol. The van der Waals surface area contributed by atoms with Crippen molar-refractivity contribution in [3.05, 3.63) is 59.4 Å². The lowest BCUT2D eigenvalue weighted by Gasteiger charge is -2.32. The summed E-state index contributed by atoms with van der Waals surface area (Å²) >= 11 is 0. The van der Waals surface area contributed by atoms with Crippen molar-refractivity contribution in [2.24, 2.45) is 0 Å². The normalized spacial score (nSPS) is 15.5. The molecule has 0 aliphatic carbocycles. The molecule has 2 heterocycles. The molecule has 0 radical (unpaired) electrons. The SMILES string of the molecule is Cc1cccc(C(=O)N2CCC(Oc3ccc(C)nc3)CC2)c1. The van der Waals surface area contributed by atoms with Crippen molar-refractivity contribution < 1.29 is 9.53 Å². The van der Waals surface area contributed by atoms with E-state index < -0.39 is 0 Å². The number of rotatable bonds is 3. The van der Waals surface area contributed by atoms with E-state index >= 15 is 0 Å². The fourth-order valence-corrected chi connectivity index (χ4v) is 2.85. The summed E-state index contributed by atoms with van der Waals surface area (Å²) in [6.45, 7) is 5.43. The van der Waals surface area contributed by atoms with Crippen LogP contribution in [0.4, 0.5) is 0 Å². The van der Waals surface area contributed by atoms with Gasteiger partial charge in [0, 0.05) is 37.2 Å². The standard InChI is InChI=1S/C19H22N2O2/c1-14-4-3-5-16(12-14)19(22)21-10-8-17(9-11-21)23-18-7-6-15(2)20-13-18/h3-7,12-13,17H,8-11H2,1-2H3. The molecule has 1 amide bonds. The van der Waals surface area contributed by atoms with E-state index in [9.17, 15) is 4.79 Å². The van der Waals surface area contributed by atoms with E-state index in [4.69, 9.17) is 4.74 Å². The Morgan fingerprint density at radius 3 is 2.61 bits per heavy atom. The minimum absolute atomic E-state index is 0.115. The van der Waals surface area contributed by atoms with Gasteiger partial charge in [-0.05, 0) is 38.1 Å². The average Bonchev–Trinajstić information content (AvgIpc) is 2.57. The fraction of sp³-hybridized carbons (Fsp3) is 0.368. The van der Waals surface area contributed by atoms with E-state index in [-0.39, 0.29) is 12.0 Å². The van der Waals surface area contributed by atoms with E-state index in [0.717, 1.165) is 48.5 Å². The first-order valence-electron chi connectivity index (χ1n) is 8.07. The van der Waals surface area contributed by atoms with Crippen molar-refractivity contribution in [2.45, 2.75) is 32.8 Å². The number of carbonyl (C=O) groups is 1. The smallest absolute Gasteiger partial charge is 0.253 e. The molecule has 0 spiro atoms. The lowest BCUT2D eigenvalue weighted by atomic mass is 10.1. The number of carbonyl (C=O) groups excluding carboxylic acids is 1. The number of piperidine rings is 1. The number of pyridine rings is 1. The van der Waals surface area contributed by atoms with Crippen molar-refractivity contribution in [2.75, 3.05) is 13.1 Å². The van der Waals surface area contributed by atoms with Crippen LogP contribution in [0.15, 0.2) is 42.6 Å². The molecule has 1 saturated heterocycles. The molecule has 23 heavy (non-hydrogen) atoms. The Hall–Kier alpha value is -2.36. The largest absolute Gasteiger partial charge is 0.489 e. The van der Waals surface area contributed by atoms with Crippen LogP contribution in [0.3, 0.4) is 0 Å². The highest BCUT2D eigenvalue weighted by molar-refractivity contribution is 5.94. The van der Waals surface area contributed by atoms with Crippen LogP contribution < -0.4 is 4.74 Å². The molecule has 1 aliphatic heterocycles. The third-order valence-corrected chi connectivity index (χ3v) is 4.18. The average molecular weight is 310 g/mol. The van der Waals surface area contributed by atoms with Gasteiger partial charge in [0.05, 0.1) is 6.20 Å². The first-order valence-corrected chi connectivity index (χ1v) is 8.07. The maximum absolute atomic E-state index is 12.5. The summed E-state index contributed by atoms with van der Waals surface area (Å²) in [4.78, 5) is 18.7. The Labute approximate surface area is 137 Å². The van der Waals surface area contributed by atoms with Crippen LogP contribution in [0, 0.1) is 13.8 Å². The zero-order valence-electron chi connectivity index (χ0n) is 13.7. The maximum atomic E-state index is 12.5. The highest BCUT2D eigenvalue weighted by atomic mass is 16.5. The number of likely N-dealkylation sites (tertiary alicyclic amines) is 1. The number of ether oxygens (including phenoxy) is 1. The second-order valence-corrected chi connectivity index (χ2v) is 6.11. The van der Waals surface area contributed by atoms with Gasteiger partial charge in [0.15, 0.2) is 0 Å². The number of amides is 1. The zero-order valence-corrected chi connectivity index (χ0v) is 13.7. The van der Waals surface area contributed by atoms with Crippen LogP contribution in [0.1, 0.15) is 34.5 Å². The minimum Gasteiger partial charge on any atom is -0.489 e. The number of hydrogen-bond donors (Lipinski definition) is 0. The van der Waals surface area contributed by atoms with Gasteiger partial charge in [-0.3, -0.25) is 9.78 Å². The molecule has 1 aromatic carbocycles. The van der Waals surface area contributed by atoms with E-state index in [1.165, 1.54) is 0 Å². The second kappa shape index (κ2) is 6.82. The molecule has 1 aliphatic rings. The summed E-state index contributed by atoms with van der Waals surface area (Å²) in [5.74, 6) is 0.920. The van der Waals surface area contributed by atoms with Crippen molar-refractivity contribution >= 4 is 5.91 Å². The third kappa shape index (κ3) is 3.89. The van der Waals surface area contributed by atoms with Crippen LogP contribution in [0.5, 0.6) is 5.75 Å². The Kier molecular flexibility index (Phi) is 4.60. The summed E-state index contributed by atoms with van der Waals surface area (Å²) in [5, 5.41) is 0. The Bertz CT molecular complexity index is 674. The molecular weight excluding hydrogens is 288 g/mol. The van der Waals surface area contributed by atoms with Crippen molar-refractivity contribution in [3.8, 4) is 5.75 Å². The van der Waals surface area contributed by atoms with Crippen LogP contribution in [0.2, 0.25) is 0 Å². The minimum atomic E-state index is 0.115. The first-order chi connectivity index (χ1) is 11.1. The fourth-order valence-electron chi connectivity index (χ4n) is 2.85. The van der Waals surface area contributed by atoms with Gasteiger partial charge in [-0.25, -0.2) is 0 Å². The molecule has 1 aromatic heterocycles. The van der Waals surface area contributed by atoms with Crippen molar-refractivity contribution in [1.29, 1.82) is 0 Å². The number of aryl methyl sites for hydroxylation is 2. The summed E-state index contributed by atoms with van der Waals surface area (Å²) in [7, 11) is 0. The number of hydrogen-bond acceptors (Lipinski definition) is 3. The van der Waals surface area contributed by atoms with E-state index in [2.05, 4.69) is 4.98 Å². The zero-order chi connectivity index (χ0) is 16.2. The van der Waals surface area contributed by atoms with Crippen LogP contribution in [-0.2, 0) is 0 Å². The maximum Gasteiger partial charge on any atom is 0.253 e. The first kappa shape index (κ1) is 15.5. The topological polar surface area (TPSA) is 42.4 Å². The van der Waals surface area contributed by atoms with Gasteiger partial charge in [-0.2, -0.15) is 0 Å². The van der Waals surface area contributed by atoms with E-state index in [1.807, 2.05) is 55.1 Å². The Balaban J connectivity index is 1.55. The Morgan fingerprint density at radius 1 is 1.17 bits per heavy atom. The van der Waals surface area contributed by atoms with Crippen molar-refractivity contribution in [3.63, 3.8) is 0 Å². The molecule has 0 unspecified atom stereocenters. The molecule has 120 valence electrons. The number of benzene rings is 1. The molecule has 4 heteroatoms.